The summed E-state index contributed by atoms with van der Waals surface area (Å²) >= 11 is 0. The third-order valence-electron chi connectivity index (χ3n) is 2.87. The van der Waals surface area contributed by atoms with Crippen molar-refractivity contribution >= 4 is 17.3 Å². The van der Waals surface area contributed by atoms with Crippen molar-refractivity contribution in [2.45, 2.75) is 13.8 Å². The van der Waals surface area contributed by atoms with Crippen LogP contribution in [-0.4, -0.2) is 36.3 Å². The van der Waals surface area contributed by atoms with Crippen molar-refractivity contribution in [1.82, 2.24) is 0 Å². The number of rotatable bonds is 6. The molecule has 0 aliphatic carbocycles. The van der Waals surface area contributed by atoms with E-state index in [-0.39, 0.29) is 18.8 Å². The van der Waals surface area contributed by atoms with Crippen molar-refractivity contribution in [2.75, 3.05) is 25.6 Å². The van der Waals surface area contributed by atoms with Crippen LogP contribution in [-0.2, 0) is 4.74 Å². The molecule has 7 nitrogen and oxygen atoms in total. The first kappa shape index (κ1) is 16.8. The summed E-state index contributed by atoms with van der Waals surface area (Å²) in [4.78, 5) is 21.6. The zero-order valence-corrected chi connectivity index (χ0v) is 12.0. The number of aliphatic hydroxyl groups is 1. The molecule has 0 aliphatic heterocycles. The molecular formula is C13H17FN2O5. The number of carbonyl (C=O) groups excluding carboxylic acids is 1. The summed E-state index contributed by atoms with van der Waals surface area (Å²) in [5.41, 5.74) is -1.43. The van der Waals surface area contributed by atoms with E-state index < -0.39 is 33.4 Å². The average molecular weight is 300 g/mol. The Bertz CT molecular complexity index is 560. The average Bonchev–Trinajstić information content (AvgIpc) is 2.44. The Labute approximate surface area is 120 Å². The summed E-state index contributed by atoms with van der Waals surface area (Å²) < 4.78 is 18.1. The topological polar surface area (TPSA) is 102 Å². The van der Waals surface area contributed by atoms with Crippen LogP contribution in [0, 0.1) is 21.3 Å². The van der Waals surface area contributed by atoms with Gasteiger partial charge in [0.05, 0.1) is 23.7 Å². The van der Waals surface area contributed by atoms with Gasteiger partial charge in [0.15, 0.2) is 0 Å². The molecule has 0 bridgehead atoms. The number of hydrogen-bond donors (Lipinski definition) is 2. The lowest BCUT2D eigenvalue weighted by molar-refractivity contribution is -0.384. The fourth-order valence-corrected chi connectivity index (χ4v) is 1.51. The molecule has 2 N–H and O–H groups in total. The SMILES string of the molecule is COC(=O)c1cc(NCC(C)(C)CO)c([N+](=O)[O-])cc1F. The second-order valence-corrected chi connectivity index (χ2v) is 5.27. The summed E-state index contributed by atoms with van der Waals surface area (Å²) in [6.45, 7) is 3.56. The monoisotopic (exact) mass is 300 g/mol. The Morgan fingerprint density at radius 3 is 2.62 bits per heavy atom. The van der Waals surface area contributed by atoms with Crippen LogP contribution in [0.3, 0.4) is 0 Å². The van der Waals surface area contributed by atoms with E-state index in [0.29, 0.717) is 6.07 Å². The lowest BCUT2D eigenvalue weighted by atomic mass is 9.95. The quantitative estimate of drug-likeness (QED) is 0.473. The van der Waals surface area contributed by atoms with Crippen LogP contribution >= 0.6 is 0 Å². The zero-order chi connectivity index (χ0) is 16.2. The summed E-state index contributed by atoms with van der Waals surface area (Å²) in [5, 5.41) is 22.9. The van der Waals surface area contributed by atoms with E-state index in [9.17, 15) is 19.3 Å². The van der Waals surface area contributed by atoms with E-state index in [1.165, 1.54) is 0 Å². The highest BCUT2D eigenvalue weighted by Gasteiger charge is 2.24. The van der Waals surface area contributed by atoms with Gasteiger partial charge >= 0.3 is 5.97 Å². The number of nitro benzene ring substituents is 1. The van der Waals surface area contributed by atoms with Gasteiger partial charge < -0.3 is 15.2 Å². The van der Waals surface area contributed by atoms with Gasteiger partial charge in [-0.3, -0.25) is 10.1 Å². The molecule has 0 atom stereocenters. The Balaban J connectivity index is 3.20. The molecule has 0 saturated heterocycles. The number of anilines is 1. The molecule has 1 aromatic rings. The van der Waals surface area contributed by atoms with Crippen LogP contribution in [0.5, 0.6) is 0 Å². The van der Waals surface area contributed by atoms with Crippen molar-refractivity contribution in [3.05, 3.63) is 33.6 Å². The number of halogens is 1. The number of esters is 1. The Morgan fingerprint density at radius 1 is 1.52 bits per heavy atom. The van der Waals surface area contributed by atoms with Gasteiger partial charge in [0.2, 0.25) is 0 Å². The number of nitrogens with one attached hydrogen (secondary N) is 1. The van der Waals surface area contributed by atoms with E-state index in [1.54, 1.807) is 13.8 Å². The number of hydrogen-bond acceptors (Lipinski definition) is 6. The molecule has 0 fully saturated rings. The van der Waals surface area contributed by atoms with Crippen molar-refractivity contribution in [2.24, 2.45) is 5.41 Å². The predicted molar refractivity (Wildman–Crippen MR) is 73.8 cm³/mol. The molecule has 1 rings (SSSR count). The first-order chi connectivity index (χ1) is 9.71. The maximum atomic E-state index is 13.7. The van der Waals surface area contributed by atoms with E-state index in [0.717, 1.165) is 13.2 Å². The Kier molecular flexibility index (Phi) is 5.20. The van der Waals surface area contributed by atoms with Crippen LogP contribution in [0.15, 0.2) is 12.1 Å². The van der Waals surface area contributed by atoms with Gasteiger partial charge in [-0.1, -0.05) is 13.8 Å². The van der Waals surface area contributed by atoms with Gasteiger partial charge in [0.25, 0.3) is 5.69 Å². The maximum Gasteiger partial charge on any atom is 0.340 e. The van der Waals surface area contributed by atoms with Crippen molar-refractivity contribution in [1.29, 1.82) is 0 Å². The second-order valence-electron chi connectivity index (χ2n) is 5.27. The van der Waals surface area contributed by atoms with Crippen molar-refractivity contribution < 1.29 is 24.0 Å². The number of ether oxygens (including phenoxy) is 1. The molecule has 0 saturated carbocycles. The number of benzene rings is 1. The van der Waals surface area contributed by atoms with Crippen molar-refractivity contribution in [3.63, 3.8) is 0 Å². The molecule has 0 heterocycles. The molecule has 0 unspecified atom stereocenters. The van der Waals surface area contributed by atoms with Crippen molar-refractivity contribution in [3.8, 4) is 0 Å². The van der Waals surface area contributed by atoms with Crippen LogP contribution in [0.2, 0.25) is 0 Å². The van der Waals surface area contributed by atoms with Gasteiger partial charge in [-0.15, -0.1) is 0 Å². The van der Waals surface area contributed by atoms with Crippen LogP contribution in [0.25, 0.3) is 0 Å². The number of nitro groups is 1. The number of carbonyl (C=O) groups is 1. The molecule has 0 spiro atoms. The summed E-state index contributed by atoms with van der Waals surface area (Å²) in [6, 6.07) is 1.70. The smallest absolute Gasteiger partial charge is 0.340 e. The normalized spacial score (nSPS) is 11.1. The minimum atomic E-state index is -1.03. The minimum absolute atomic E-state index is 0.0108. The predicted octanol–water partition coefficient (Wildman–Crippen LogP) is 1.95. The van der Waals surface area contributed by atoms with E-state index in [4.69, 9.17) is 5.11 Å². The molecule has 116 valence electrons. The summed E-state index contributed by atoms with van der Waals surface area (Å²) in [7, 11) is 1.09. The fourth-order valence-electron chi connectivity index (χ4n) is 1.51. The molecule has 21 heavy (non-hydrogen) atoms. The first-order valence-corrected chi connectivity index (χ1v) is 6.13. The third kappa shape index (κ3) is 4.12. The van der Waals surface area contributed by atoms with Gasteiger partial charge in [-0.2, -0.15) is 0 Å². The number of aliphatic hydroxyl groups excluding tert-OH is 1. The first-order valence-electron chi connectivity index (χ1n) is 6.13. The van der Waals surface area contributed by atoms with E-state index in [2.05, 4.69) is 10.1 Å². The summed E-state index contributed by atoms with van der Waals surface area (Å²) in [6.07, 6.45) is 0. The van der Waals surface area contributed by atoms with E-state index in [1.807, 2.05) is 0 Å². The third-order valence-corrected chi connectivity index (χ3v) is 2.87. The zero-order valence-electron chi connectivity index (χ0n) is 12.0. The highest BCUT2D eigenvalue weighted by Crippen LogP contribution is 2.29. The minimum Gasteiger partial charge on any atom is -0.465 e. The lowest BCUT2D eigenvalue weighted by Crippen LogP contribution is -2.27. The number of nitrogens with zero attached hydrogens (tertiary/aromatic N) is 1. The highest BCUT2D eigenvalue weighted by molar-refractivity contribution is 5.91. The molecule has 0 aromatic heterocycles. The standard InChI is InChI=1S/C13H17FN2O5/c1-13(2,7-17)6-15-10-4-8(12(18)21-3)9(14)5-11(10)16(19)20/h4-5,15,17H,6-7H2,1-3H3. The van der Waals surface area contributed by atoms with Gasteiger partial charge in [-0.05, 0) is 6.07 Å². The lowest BCUT2D eigenvalue weighted by Gasteiger charge is -2.22. The molecule has 1 aromatic carbocycles. The summed E-state index contributed by atoms with van der Waals surface area (Å²) in [5.74, 6) is -1.95. The second kappa shape index (κ2) is 6.49. The highest BCUT2D eigenvalue weighted by atomic mass is 19.1. The molecule has 0 radical (unpaired) electrons. The maximum absolute atomic E-state index is 13.7. The molecule has 0 amide bonds. The van der Waals surface area contributed by atoms with Crippen LogP contribution in [0.1, 0.15) is 24.2 Å². The van der Waals surface area contributed by atoms with Gasteiger partial charge in [-0.25, -0.2) is 9.18 Å². The Morgan fingerprint density at radius 2 is 2.14 bits per heavy atom. The Hall–Kier alpha value is -2.22. The molecular weight excluding hydrogens is 283 g/mol. The van der Waals surface area contributed by atoms with E-state index >= 15 is 0 Å². The van der Waals surface area contributed by atoms with Crippen LogP contribution in [0.4, 0.5) is 15.8 Å². The number of methoxy groups -OCH3 is 1. The van der Waals surface area contributed by atoms with Crippen LogP contribution < -0.4 is 5.32 Å². The molecule has 8 heteroatoms. The van der Waals surface area contributed by atoms with Gasteiger partial charge in [0, 0.05) is 18.6 Å². The van der Waals surface area contributed by atoms with Gasteiger partial charge in [0.1, 0.15) is 11.5 Å². The fraction of sp³-hybridized carbons (Fsp3) is 0.462. The largest absolute Gasteiger partial charge is 0.465 e. The molecule has 0 aliphatic rings.